The molecule has 2 N–H and O–H groups in total. The number of hydrogen-bond acceptors (Lipinski definition) is 2. The number of nitrogens with one attached hydrogen (secondary N) is 1. The summed E-state index contributed by atoms with van der Waals surface area (Å²) < 4.78 is 0. The van der Waals surface area contributed by atoms with Gasteiger partial charge in [0.1, 0.15) is 0 Å². The average Bonchev–Trinajstić information content (AvgIpc) is 2.38. The number of aliphatic hydroxyl groups excluding tert-OH is 1. The van der Waals surface area contributed by atoms with Crippen molar-refractivity contribution in [3.05, 3.63) is 34.4 Å². The molecule has 1 aromatic rings. The predicted molar refractivity (Wildman–Crippen MR) is 82.6 cm³/mol. The first-order valence-corrected chi connectivity index (χ1v) is 7.37. The number of rotatable bonds is 7. The summed E-state index contributed by atoms with van der Waals surface area (Å²) in [6, 6.07) is 4.97. The molecule has 19 heavy (non-hydrogen) atoms. The zero-order valence-corrected chi connectivity index (χ0v) is 13.1. The van der Waals surface area contributed by atoms with Crippen LogP contribution < -0.4 is 5.32 Å². The zero-order valence-electron chi connectivity index (χ0n) is 13.1. The SMILES string of the molecule is Cc1cc(C)c(C(C)NCCCC(C)CO)cc1C. The van der Waals surface area contributed by atoms with Crippen molar-refractivity contribution in [2.45, 2.75) is 53.5 Å². The molecule has 0 saturated heterocycles. The molecule has 0 aliphatic rings. The van der Waals surface area contributed by atoms with Gasteiger partial charge in [-0.15, -0.1) is 0 Å². The summed E-state index contributed by atoms with van der Waals surface area (Å²) in [5, 5.41) is 12.6. The maximum absolute atomic E-state index is 8.99. The smallest absolute Gasteiger partial charge is 0.0456 e. The van der Waals surface area contributed by atoms with Crippen molar-refractivity contribution in [1.29, 1.82) is 0 Å². The quantitative estimate of drug-likeness (QED) is 0.736. The van der Waals surface area contributed by atoms with Crippen molar-refractivity contribution in [3.63, 3.8) is 0 Å². The summed E-state index contributed by atoms with van der Waals surface area (Å²) in [5.74, 6) is 0.417. The topological polar surface area (TPSA) is 32.3 Å². The standard InChI is InChI=1S/C17H29NO/c1-12(11-19)7-6-8-18-16(5)17-10-14(3)13(2)9-15(17)4/h9-10,12,16,18-19H,6-8,11H2,1-5H3. The zero-order chi connectivity index (χ0) is 14.4. The molecule has 0 aliphatic heterocycles. The number of aliphatic hydroxyl groups is 1. The highest BCUT2D eigenvalue weighted by Crippen LogP contribution is 2.21. The van der Waals surface area contributed by atoms with Crippen LogP contribution in [0.3, 0.4) is 0 Å². The van der Waals surface area contributed by atoms with Crippen LogP contribution in [-0.2, 0) is 0 Å². The lowest BCUT2D eigenvalue weighted by molar-refractivity contribution is 0.227. The van der Waals surface area contributed by atoms with Gasteiger partial charge in [-0.2, -0.15) is 0 Å². The highest BCUT2D eigenvalue weighted by Gasteiger charge is 2.09. The molecular formula is C17H29NO. The maximum Gasteiger partial charge on any atom is 0.0456 e. The molecule has 1 aromatic carbocycles. The van der Waals surface area contributed by atoms with Crippen molar-refractivity contribution in [3.8, 4) is 0 Å². The second kappa shape index (κ2) is 7.66. The summed E-state index contributed by atoms with van der Waals surface area (Å²) in [4.78, 5) is 0. The van der Waals surface area contributed by atoms with E-state index in [9.17, 15) is 0 Å². The molecule has 0 radical (unpaired) electrons. The summed E-state index contributed by atoms with van der Waals surface area (Å²) in [7, 11) is 0. The molecule has 0 spiro atoms. The molecule has 1 rings (SSSR count). The van der Waals surface area contributed by atoms with E-state index >= 15 is 0 Å². The first-order valence-electron chi connectivity index (χ1n) is 7.37. The molecule has 0 aromatic heterocycles. The maximum atomic E-state index is 8.99. The van der Waals surface area contributed by atoms with Gasteiger partial charge in [0.15, 0.2) is 0 Å². The van der Waals surface area contributed by atoms with Crippen LogP contribution in [0.1, 0.15) is 55.0 Å². The van der Waals surface area contributed by atoms with Gasteiger partial charge in [0, 0.05) is 12.6 Å². The van der Waals surface area contributed by atoms with Crippen molar-refractivity contribution < 1.29 is 5.11 Å². The molecule has 0 bridgehead atoms. The monoisotopic (exact) mass is 263 g/mol. The molecule has 2 unspecified atom stereocenters. The van der Waals surface area contributed by atoms with Gasteiger partial charge in [0.25, 0.3) is 0 Å². The van der Waals surface area contributed by atoms with Crippen LogP contribution in [-0.4, -0.2) is 18.3 Å². The number of benzene rings is 1. The Morgan fingerprint density at radius 3 is 2.32 bits per heavy atom. The van der Waals surface area contributed by atoms with Crippen LogP contribution in [0.25, 0.3) is 0 Å². The third-order valence-electron chi connectivity index (χ3n) is 3.98. The second-order valence-corrected chi connectivity index (χ2v) is 5.90. The Kier molecular flexibility index (Phi) is 6.53. The number of hydrogen-bond donors (Lipinski definition) is 2. The van der Waals surface area contributed by atoms with Crippen molar-refractivity contribution in [2.75, 3.05) is 13.2 Å². The first kappa shape index (κ1) is 16.2. The summed E-state index contributed by atoms with van der Waals surface area (Å²) in [6.45, 7) is 12.2. The molecule has 2 heteroatoms. The lowest BCUT2D eigenvalue weighted by atomic mass is 9.96. The normalized spacial score (nSPS) is 14.4. The van der Waals surface area contributed by atoms with Crippen molar-refractivity contribution >= 4 is 0 Å². The fraction of sp³-hybridized carbons (Fsp3) is 0.647. The van der Waals surface area contributed by atoms with E-state index in [0.29, 0.717) is 18.6 Å². The third-order valence-corrected chi connectivity index (χ3v) is 3.98. The predicted octanol–water partition coefficient (Wildman–Crippen LogP) is 3.67. The van der Waals surface area contributed by atoms with Gasteiger partial charge in [-0.25, -0.2) is 0 Å². The fourth-order valence-corrected chi connectivity index (χ4v) is 2.42. The van der Waals surface area contributed by atoms with E-state index in [4.69, 9.17) is 5.11 Å². The van der Waals surface area contributed by atoms with Gasteiger partial charge >= 0.3 is 0 Å². The Morgan fingerprint density at radius 2 is 1.68 bits per heavy atom. The summed E-state index contributed by atoms with van der Waals surface area (Å²) in [6.07, 6.45) is 2.21. The highest BCUT2D eigenvalue weighted by atomic mass is 16.3. The van der Waals surface area contributed by atoms with Crippen LogP contribution in [0, 0.1) is 26.7 Å². The number of aryl methyl sites for hydroxylation is 3. The van der Waals surface area contributed by atoms with Gasteiger partial charge in [-0.3, -0.25) is 0 Å². The highest BCUT2D eigenvalue weighted by molar-refractivity contribution is 5.37. The molecule has 0 saturated carbocycles. The largest absolute Gasteiger partial charge is 0.396 e. The van der Waals surface area contributed by atoms with Gasteiger partial charge in [0.2, 0.25) is 0 Å². The Morgan fingerprint density at radius 1 is 1.05 bits per heavy atom. The fourth-order valence-electron chi connectivity index (χ4n) is 2.42. The van der Waals surface area contributed by atoms with E-state index in [1.54, 1.807) is 0 Å². The molecular weight excluding hydrogens is 234 g/mol. The lowest BCUT2D eigenvalue weighted by Gasteiger charge is -2.19. The molecule has 2 atom stereocenters. The molecule has 108 valence electrons. The average molecular weight is 263 g/mol. The third kappa shape index (κ3) is 4.96. The molecule has 0 heterocycles. The van der Waals surface area contributed by atoms with Crippen LogP contribution in [0.4, 0.5) is 0 Å². The molecule has 0 fully saturated rings. The van der Waals surface area contributed by atoms with E-state index in [0.717, 1.165) is 19.4 Å². The van der Waals surface area contributed by atoms with Crippen molar-refractivity contribution in [1.82, 2.24) is 5.32 Å². The minimum Gasteiger partial charge on any atom is -0.396 e. The molecule has 0 aliphatic carbocycles. The van der Waals surface area contributed by atoms with E-state index in [2.05, 4.69) is 52.1 Å². The Bertz CT molecular complexity index is 400. The van der Waals surface area contributed by atoms with Crippen molar-refractivity contribution in [2.24, 2.45) is 5.92 Å². The summed E-state index contributed by atoms with van der Waals surface area (Å²) >= 11 is 0. The van der Waals surface area contributed by atoms with Crippen LogP contribution in [0.5, 0.6) is 0 Å². The summed E-state index contributed by atoms with van der Waals surface area (Å²) in [5.41, 5.74) is 5.50. The molecule has 2 nitrogen and oxygen atoms in total. The van der Waals surface area contributed by atoms with Crippen LogP contribution in [0.2, 0.25) is 0 Å². The van der Waals surface area contributed by atoms with Crippen LogP contribution in [0.15, 0.2) is 12.1 Å². The van der Waals surface area contributed by atoms with E-state index in [1.807, 2.05) is 0 Å². The Labute approximate surface area is 118 Å². The minimum atomic E-state index is 0.297. The minimum absolute atomic E-state index is 0.297. The van der Waals surface area contributed by atoms with Gasteiger partial charge < -0.3 is 10.4 Å². The van der Waals surface area contributed by atoms with Gasteiger partial charge in [0.05, 0.1) is 0 Å². The van der Waals surface area contributed by atoms with E-state index in [1.165, 1.54) is 22.3 Å². The molecule has 0 amide bonds. The van der Waals surface area contributed by atoms with E-state index < -0.39 is 0 Å². The lowest BCUT2D eigenvalue weighted by Crippen LogP contribution is -2.21. The Hall–Kier alpha value is -0.860. The second-order valence-electron chi connectivity index (χ2n) is 5.90. The van der Waals surface area contributed by atoms with E-state index in [-0.39, 0.29) is 0 Å². The first-order chi connectivity index (χ1) is 8.95. The van der Waals surface area contributed by atoms with Crippen LogP contribution >= 0.6 is 0 Å². The van der Waals surface area contributed by atoms with Gasteiger partial charge in [-0.1, -0.05) is 19.1 Å². The van der Waals surface area contributed by atoms with Gasteiger partial charge in [-0.05, 0) is 75.3 Å². The Balaban J connectivity index is 2.50.